The summed E-state index contributed by atoms with van der Waals surface area (Å²) in [6.07, 6.45) is 5.15. The van der Waals surface area contributed by atoms with E-state index in [4.69, 9.17) is 0 Å². The lowest BCUT2D eigenvalue weighted by Crippen LogP contribution is -2.11. The molecule has 1 atom stereocenters. The van der Waals surface area contributed by atoms with Gasteiger partial charge in [0.15, 0.2) is 0 Å². The Kier molecular flexibility index (Phi) is 3.10. The highest BCUT2D eigenvalue weighted by molar-refractivity contribution is 5.10. The maximum Gasteiger partial charge on any atom is 0.0624 e. The van der Waals surface area contributed by atoms with E-state index in [9.17, 15) is 5.11 Å². The predicted molar refractivity (Wildman–Crippen MR) is 59.6 cm³/mol. The van der Waals surface area contributed by atoms with E-state index >= 15 is 0 Å². The molecule has 1 N–H and O–H groups in total. The number of aliphatic hydroxyl groups excluding tert-OH is 1. The first-order valence-corrected chi connectivity index (χ1v) is 5.90. The standard InChI is InChI=1S/C12H20N2O/c1-3-10-8-11(14(2)13-10)6-7-12(15)9-4-5-9/h8-9,12,15H,3-7H2,1-2H3. The van der Waals surface area contributed by atoms with Gasteiger partial charge in [-0.05, 0) is 44.1 Å². The number of hydrogen-bond acceptors (Lipinski definition) is 2. The van der Waals surface area contributed by atoms with Crippen molar-refractivity contribution in [3.05, 3.63) is 17.5 Å². The lowest BCUT2D eigenvalue weighted by molar-refractivity contribution is 0.141. The first-order valence-electron chi connectivity index (χ1n) is 5.90. The summed E-state index contributed by atoms with van der Waals surface area (Å²) in [5.41, 5.74) is 2.39. The molecule has 0 radical (unpaired) electrons. The van der Waals surface area contributed by atoms with E-state index in [0.717, 1.165) is 25.0 Å². The summed E-state index contributed by atoms with van der Waals surface area (Å²) in [6.45, 7) is 2.12. The second-order valence-electron chi connectivity index (χ2n) is 4.55. The molecule has 1 aromatic heterocycles. The molecule has 0 bridgehead atoms. The first-order chi connectivity index (χ1) is 7.20. The zero-order valence-corrected chi connectivity index (χ0v) is 9.61. The Morgan fingerprint density at radius 1 is 1.60 bits per heavy atom. The van der Waals surface area contributed by atoms with Crippen molar-refractivity contribution in [2.24, 2.45) is 13.0 Å². The Morgan fingerprint density at radius 2 is 2.33 bits per heavy atom. The highest BCUT2D eigenvalue weighted by atomic mass is 16.3. The van der Waals surface area contributed by atoms with E-state index in [0.29, 0.717) is 5.92 Å². The summed E-state index contributed by atoms with van der Waals surface area (Å²) in [5.74, 6) is 0.587. The molecular formula is C12H20N2O. The minimum atomic E-state index is -0.0926. The van der Waals surface area contributed by atoms with Gasteiger partial charge in [0.05, 0.1) is 11.8 Å². The summed E-state index contributed by atoms with van der Waals surface area (Å²) in [5, 5.41) is 14.2. The third-order valence-electron chi connectivity index (χ3n) is 3.25. The largest absolute Gasteiger partial charge is 0.393 e. The molecular weight excluding hydrogens is 188 g/mol. The van der Waals surface area contributed by atoms with Gasteiger partial charge >= 0.3 is 0 Å². The molecule has 1 aliphatic rings. The van der Waals surface area contributed by atoms with Crippen LogP contribution in [0.25, 0.3) is 0 Å². The third kappa shape index (κ3) is 2.59. The van der Waals surface area contributed by atoms with Crippen LogP contribution in [0, 0.1) is 5.92 Å². The molecule has 1 saturated carbocycles. The van der Waals surface area contributed by atoms with Crippen LogP contribution in [0.5, 0.6) is 0 Å². The van der Waals surface area contributed by atoms with Crippen molar-refractivity contribution < 1.29 is 5.11 Å². The Labute approximate surface area is 91.1 Å². The van der Waals surface area contributed by atoms with E-state index in [2.05, 4.69) is 18.1 Å². The monoisotopic (exact) mass is 208 g/mol. The Hall–Kier alpha value is -0.830. The van der Waals surface area contributed by atoms with Crippen molar-refractivity contribution >= 4 is 0 Å². The molecule has 1 aromatic rings. The fourth-order valence-electron chi connectivity index (χ4n) is 1.99. The molecule has 0 aromatic carbocycles. The van der Waals surface area contributed by atoms with Gasteiger partial charge in [-0.3, -0.25) is 4.68 Å². The maximum absolute atomic E-state index is 9.78. The molecule has 0 spiro atoms. The van der Waals surface area contributed by atoms with Crippen molar-refractivity contribution in [2.45, 2.75) is 45.1 Å². The Bertz CT molecular complexity index is 328. The molecule has 2 rings (SSSR count). The maximum atomic E-state index is 9.78. The van der Waals surface area contributed by atoms with Gasteiger partial charge < -0.3 is 5.11 Å². The molecule has 1 unspecified atom stereocenters. The van der Waals surface area contributed by atoms with Gasteiger partial charge in [0.25, 0.3) is 0 Å². The quantitative estimate of drug-likeness (QED) is 0.799. The Morgan fingerprint density at radius 3 is 2.87 bits per heavy atom. The van der Waals surface area contributed by atoms with Crippen LogP contribution < -0.4 is 0 Å². The van der Waals surface area contributed by atoms with Gasteiger partial charge in [-0.25, -0.2) is 0 Å². The number of aryl methyl sites for hydroxylation is 3. The first kappa shape index (κ1) is 10.7. The molecule has 0 amide bonds. The number of aliphatic hydroxyl groups is 1. The van der Waals surface area contributed by atoms with Crippen LogP contribution in [0.4, 0.5) is 0 Å². The average Bonchev–Trinajstić information content (AvgIpc) is 3.00. The van der Waals surface area contributed by atoms with Crippen molar-refractivity contribution in [1.29, 1.82) is 0 Å². The van der Waals surface area contributed by atoms with E-state index in [1.54, 1.807) is 0 Å². The zero-order chi connectivity index (χ0) is 10.8. The van der Waals surface area contributed by atoms with Crippen LogP contribution in [-0.4, -0.2) is 21.0 Å². The van der Waals surface area contributed by atoms with E-state index in [-0.39, 0.29) is 6.10 Å². The minimum absolute atomic E-state index is 0.0926. The lowest BCUT2D eigenvalue weighted by atomic mass is 10.1. The van der Waals surface area contributed by atoms with Crippen molar-refractivity contribution in [2.75, 3.05) is 0 Å². The molecule has 1 fully saturated rings. The topological polar surface area (TPSA) is 38.0 Å². The van der Waals surface area contributed by atoms with E-state index in [1.165, 1.54) is 18.5 Å². The van der Waals surface area contributed by atoms with Gasteiger partial charge in [-0.2, -0.15) is 5.10 Å². The number of aromatic nitrogens is 2. The molecule has 1 heterocycles. The number of rotatable bonds is 5. The predicted octanol–water partition coefficient (Wildman–Crippen LogP) is 1.69. The van der Waals surface area contributed by atoms with Crippen LogP contribution in [0.1, 0.15) is 37.6 Å². The summed E-state index contributed by atoms with van der Waals surface area (Å²) >= 11 is 0. The molecule has 15 heavy (non-hydrogen) atoms. The lowest BCUT2D eigenvalue weighted by Gasteiger charge is -2.08. The van der Waals surface area contributed by atoms with Crippen molar-refractivity contribution in [3.63, 3.8) is 0 Å². The average molecular weight is 208 g/mol. The van der Waals surface area contributed by atoms with Crippen LogP contribution in [0.15, 0.2) is 6.07 Å². The third-order valence-corrected chi connectivity index (χ3v) is 3.25. The second-order valence-corrected chi connectivity index (χ2v) is 4.55. The zero-order valence-electron chi connectivity index (χ0n) is 9.61. The molecule has 0 saturated heterocycles. The fourth-order valence-corrected chi connectivity index (χ4v) is 1.99. The van der Waals surface area contributed by atoms with Crippen LogP contribution >= 0.6 is 0 Å². The summed E-state index contributed by atoms with van der Waals surface area (Å²) in [6, 6.07) is 2.15. The van der Waals surface area contributed by atoms with Crippen LogP contribution in [0.2, 0.25) is 0 Å². The minimum Gasteiger partial charge on any atom is -0.393 e. The smallest absolute Gasteiger partial charge is 0.0624 e. The van der Waals surface area contributed by atoms with Gasteiger partial charge in [-0.15, -0.1) is 0 Å². The van der Waals surface area contributed by atoms with E-state index in [1.807, 2.05) is 11.7 Å². The molecule has 3 heteroatoms. The SMILES string of the molecule is CCc1cc(CCC(O)C2CC2)n(C)n1. The highest BCUT2D eigenvalue weighted by Crippen LogP contribution is 2.34. The normalized spacial score (nSPS) is 18.1. The van der Waals surface area contributed by atoms with Crippen LogP contribution in [0.3, 0.4) is 0 Å². The number of hydrogen-bond donors (Lipinski definition) is 1. The van der Waals surface area contributed by atoms with Crippen molar-refractivity contribution in [1.82, 2.24) is 9.78 Å². The Balaban J connectivity index is 1.88. The second kappa shape index (κ2) is 4.35. The van der Waals surface area contributed by atoms with Gasteiger partial charge in [0.2, 0.25) is 0 Å². The molecule has 1 aliphatic carbocycles. The highest BCUT2D eigenvalue weighted by Gasteiger charge is 2.29. The van der Waals surface area contributed by atoms with Crippen molar-refractivity contribution in [3.8, 4) is 0 Å². The van der Waals surface area contributed by atoms with E-state index < -0.39 is 0 Å². The fraction of sp³-hybridized carbons (Fsp3) is 0.750. The summed E-state index contributed by atoms with van der Waals surface area (Å²) in [7, 11) is 1.98. The summed E-state index contributed by atoms with van der Waals surface area (Å²) < 4.78 is 1.94. The molecule has 84 valence electrons. The van der Waals surface area contributed by atoms with Gasteiger partial charge in [0, 0.05) is 12.7 Å². The van der Waals surface area contributed by atoms with Crippen LogP contribution in [-0.2, 0) is 19.9 Å². The molecule has 3 nitrogen and oxygen atoms in total. The van der Waals surface area contributed by atoms with Gasteiger partial charge in [0.1, 0.15) is 0 Å². The number of nitrogens with zero attached hydrogens (tertiary/aromatic N) is 2. The molecule has 0 aliphatic heterocycles. The summed E-state index contributed by atoms with van der Waals surface area (Å²) in [4.78, 5) is 0. The van der Waals surface area contributed by atoms with Gasteiger partial charge in [-0.1, -0.05) is 6.92 Å².